The minimum atomic E-state index is -3.62. The number of carbonyl (C=O) groups excluding carboxylic acids is 1. The van der Waals surface area contributed by atoms with Gasteiger partial charge in [0.25, 0.3) is 0 Å². The first-order valence-corrected chi connectivity index (χ1v) is 8.56. The Morgan fingerprint density at radius 1 is 1.40 bits per heavy atom. The van der Waals surface area contributed by atoms with E-state index in [0.29, 0.717) is 12.2 Å². The van der Waals surface area contributed by atoms with Crippen molar-refractivity contribution in [3.05, 3.63) is 29.8 Å². The number of amides is 1. The van der Waals surface area contributed by atoms with Crippen LogP contribution in [0.5, 0.6) is 0 Å². The van der Waals surface area contributed by atoms with Crippen molar-refractivity contribution in [3.63, 3.8) is 0 Å². The van der Waals surface area contributed by atoms with Gasteiger partial charge in [0, 0.05) is 35.3 Å². The van der Waals surface area contributed by atoms with E-state index in [1.54, 1.807) is 29.2 Å². The molecule has 2 rings (SSSR count). The number of halogens is 1. The lowest BCUT2D eigenvalue weighted by molar-refractivity contribution is -0.117. The van der Waals surface area contributed by atoms with E-state index in [1.807, 2.05) is 0 Å². The zero-order valence-electron chi connectivity index (χ0n) is 10.6. The first kappa shape index (κ1) is 14.8. The van der Waals surface area contributed by atoms with Gasteiger partial charge in [-0.25, -0.2) is 8.42 Å². The van der Waals surface area contributed by atoms with Crippen LogP contribution in [0.4, 0.5) is 5.69 Å². The number of nitrogens with zero attached hydrogens (tertiary/aromatic N) is 2. The largest absolute Gasteiger partial charge is 0.312 e. The number of carbonyl (C=O) groups is 1. The lowest BCUT2D eigenvalue weighted by atomic mass is 10.1. The van der Waals surface area contributed by atoms with Crippen LogP contribution in [-0.4, -0.2) is 26.6 Å². The van der Waals surface area contributed by atoms with E-state index in [9.17, 15) is 13.2 Å². The second-order valence-corrected chi connectivity index (χ2v) is 7.57. The van der Waals surface area contributed by atoms with Crippen LogP contribution in [0.3, 0.4) is 0 Å². The standard InChI is InChI=1S/C13H13ClN2O3S/c14-20(18,19)9-10-7-13(17)16(8-10)12-4-2-1-3-11(12)5-6-15/h1-4,10H,5,7-9H2. The van der Waals surface area contributed by atoms with Crippen molar-refractivity contribution in [2.75, 3.05) is 17.2 Å². The Hall–Kier alpha value is -1.58. The highest BCUT2D eigenvalue weighted by Gasteiger charge is 2.33. The molecular weight excluding hydrogens is 300 g/mol. The molecule has 0 N–H and O–H groups in total. The lowest BCUT2D eigenvalue weighted by Crippen LogP contribution is -2.26. The van der Waals surface area contributed by atoms with Crippen LogP contribution in [-0.2, 0) is 20.3 Å². The van der Waals surface area contributed by atoms with Gasteiger partial charge in [-0.2, -0.15) is 5.26 Å². The molecular formula is C13H13ClN2O3S. The molecule has 0 aromatic heterocycles. The molecule has 1 aliphatic heterocycles. The fourth-order valence-corrected chi connectivity index (χ4v) is 3.74. The molecule has 0 saturated carbocycles. The van der Waals surface area contributed by atoms with E-state index in [2.05, 4.69) is 6.07 Å². The fraction of sp³-hybridized carbons (Fsp3) is 0.385. The van der Waals surface area contributed by atoms with Crippen molar-refractivity contribution in [1.82, 2.24) is 0 Å². The molecule has 1 amide bonds. The first-order valence-electron chi connectivity index (χ1n) is 6.08. The van der Waals surface area contributed by atoms with Gasteiger partial charge in [-0.05, 0) is 11.6 Å². The van der Waals surface area contributed by atoms with Gasteiger partial charge in [0.1, 0.15) is 0 Å². The second-order valence-electron chi connectivity index (χ2n) is 4.74. The van der Waals surface area contributed by atoms with Gasteiger partial charge >= 0.3 is 0 Å². The quantitative estimate of drug-likeness (QED) is 0.792. The summed E-state index contributed by atoms with van der Waals surface area (Å²) in [6, 6.07) is 9.20. The van der Waals surface area contributed by atoms with E-state index in [1.165, 1.54) is 0 Å². The summed E-state index contributed by atoms with van der Waals surface area (Å²) >= 11 is 0. The molecule has 1 aliphatic rings. The van der Waals surface area contributed by atoms with Crippen molar-refractivity contribution in [3.8, 4) is 6.07 Å². The molecule has 0 radical (unpaired) electrons. The van der Waals surface area contributed by atoms with Crippen molar-refractivity contribution in [2.45, 2.75) is 12.8 Å². The molecule has 1 unspecified atom stereocenters. The molecule has 1 saturated heterocycles. The molecule has 1 aromatic rings. The summed E-state index contributed by atoms with van der Waals surface area (Å²) in [6.45, 7) is 0.313. The number of benzene rings is 1. The predicted molar refractivity (Wildman–Crippen MR) is 75.9 cm³/mol. The maximum absolute atomic E-state index is 12.0. The van der Waals surface area contributed by atoms with Crippen LogP contribution >= 0.6 is 10.7 Å². The van der Waals surface area contributed by atoms with Crippen LogP contribution in [0, 0.1) is 17.2 Å². The first-order chi connectivity index (χ1) is 9.40. The van der Waals surface area contributed by atoms with Gasteiger partial charge in [0.2, 0.25) is 15.0 Å². The molecule has 1 atom stereocenters. The number of rotatable bonds is 4. The average molecular weight is 313 g/mol. The Morgan fingerprint density at radius 3 is 2.75 bits per heavy atom. The molecule has 20 heavy (non-hydrogen) atoms. The van der Waals surface area contributed by atoms with Gasteiger partial charge in [-0.3, -0.25) is 4.79 Å². The van der Waals surface area contributed by atoms with Gasteiger partial charge < -0.3 is 4.90 Å². The SMILES string of the molecule is N#CCc1ccccc1N1CC(CS(=O)(=O)Cl)CC1=O. The maximum Gasteiger partial charge on any atom is 0.232 e. The summed E-state index contributed by atoms with van der Waals surface area (Å²) in [5.41, 5.74) is 1.44. The van der Waals surface area contributed by atoms with Crippen molar-refractivity contribution >= 4 is 31.3 Å². The van der Waals surface area contributed by atoms with Gasteiger partial charge in [-0.1, -0.05) is 18.2 Å². The maximum atomic E-state index is 12.0. The predicted octanol–water partition coefficient (Wildman–Crippen LogP) is 1.67. The van der Waals surface area contributed by atoms with E-state index >= 15 is 0 Å². The minimum absolute atomic E-state index is 0.138. The summed E-state index contributed by atoms with van der Waals surface area (Å²) in [5, 5.41) is 8.81. The third-order valence-corrected chi connectivity index (χ3v) is 4.44. The highest BCUT2D eigenvalue weighted by atomic mass is 35.7. The highest BCUT2D eigenvalue weighted by Crippen LogP contribution is 2.29. The summed E-state index contributed by atoms with van der Waals surface area (Å²) < 4.78 is 22.2. The number of para-hydroxylation sites is 1. The molecule has 1 fully saturated rings. The average Bonchev–Trinajstić information content (AvgIpc) is 2.69. The second kappa shape index (κ2) is 5.81. The molecule has 5 nitrogen and oxygen atoms in total. The molecule has 1 aromatic carbocycles. The van der Waals surface area contributed by atoms with Crippen molar-refractivity contribution in [2.24, 2.45) is 5.92 Å². The van der Waals surface area contributed by atoms with Crippen LogP contribution in [0.25, 0.3) is 0 Å². The van der Waals surface area contributed by atoms with Gasteiger partial charge in [-0.15, -0.1) is 0 Å². The zero-order chi connectivity index (χ0) is 14.8. The lowest BCUT2D eigenvalue weighted by Gasteiger charge is -2.19. The topological polar surface area (TPSA) is 78.2 Å². The molecule has 0 aliphatic carbocycles. The van der Waals surface area contributed by atoms with Crippen molar-refractivity contribution in [1.29, 1.82) is 5.26 Å². The Balaban J connectivity index is 2.22. The Labute approximate surface area is 122 Å². The summed E-state index contributed by atoms with van der Waals surface area (Å²) in [7, 11) is 1.62. The highest BCUT2D eigenvalue weighted by molar-refractivity contribution is 8.13. The smallest absolute Gasteiger partial charge is 0.232 e. The molecule has 0 bridgehead atoms. The number of hydrogen-bond acceptors (Lipinski definition) is 4. The normalized spacial score (nSPS) is 19.1. The number of nitriles is 1. The molecule has 106 valence electrons. The van der Waals surface area contributed by atoms with Crippen LogP contribution in [0.15, 0.2) is 24.3 Å². The third kappa shape index (κ3) is 3.50. The summed E-state index contributed by atoms with van der Waals surface area (Å²) in [6.07, 6.45) is 0.366. The minimum Gasteiger partial charge on any atom is -0.312 e. The van der Waals surface area contributed by atoms with Gasteiger partial charge in [0.15, 0.2) is 0 Å². The number of hydrogen-bond donors (Lipinski definition) is 0. The molecule has 7 heteroatoms. The van der Waals surface area contributed by atoms with Crippen LogP contribution < -0.4 is 4.90 Å². The molecule has 1 heterocycles. The van der Waals surface area contributed by atoms with Gasteiger partial charge in [0.05, 0.1) is 18.2 Å². The Bertz CT molecular complexity index is 666. The van der Waals surface area contributed by atoms with E-state index in [0.717, 1.165) is 5.56 Å². The van der Waals surface area contributed by atoms with E-state index in [-0.39, 0.29) is 30.4 Å². The van der Waals surface area contributed by atoms with Crippen LogP contribution in [0.2, 0.25) is 0 Å². The number of anilines is 1. The van der Waals surface area contributed by atoms with Crippen molar-refractivity contribution < 1.29 is 13.2 Å². The van der Waals surface area contributed by atoms with E-state index in [4.69, 9.17) is 15.9 Å². The Kier molecular flexibility index (Phi) is 4.31. The van der Waals surface area contributed by atoms with E-state index < -0.39 is 9.05 Å². The monoisotopic (exact) mass is 312 g/mol. The zero-order valence-corrected chi connectivity index (χ0v) is 12.2. The van der Waals surface area contributed by atoms with Crippen LogP contribution in [0.1, 0.15) is 12.0 Å². The summed E-state index contributed by atoms with van der Waals surface area (Å²) in [4.78, 5) is 13.6. The molecule has 0 spiro atoms. The Morgan fingerprint density at radius 2 is 2.10 bits per heavy atom. The fourth-order valence-electron chi connectivity index (χ4n) is 2.42. The summed E-state index contributed by atoms with van der Waals surface area (Å²) in [5.74, 6) is -0.655. The third-order valence-electron chi connectivity index (χ3n) is 3.19.